The van der Waals surface area contributed by atoms with E-state index in [1.165, 1.54) is 6.07 Å². The molecule has 0 bridgehead atoms. The molecule has 0 aliphatic carbocycles. The van der Waals surface area contributed by atoms with Crippen LogP contribution in [0.2, 0.25) is 0 Å². The molecule has 0 atom stereocenters. The summed E-state index contributed by atoms with van der Waals surface area (Å²) in [5.74, 6) is -1.06. The molecular weight excluding hydrogens is 272 g/mol. The van der Waals surface area contributed by atoms with Gasteiger partial charge in [-0.2, -0.15) is 0 Å². The molecule has 2 rings (SSSR count). The summed E-state index contributed by atoms with van der Waals surface area (Å²) >= 11 is 0. The molecule has 2 nitrogen and oxygen atoms in total. The van der Waals surface area contributed by atoms with Gasteiger partial charge in [0.05, 0.1) is 5.56 Å². The largest absolute Gasteiger partial charge is 0.503 e. The van der Waals surface area contributed by atoms with Crippen LogP contribution in [0.3, 0.4) is 0 Å². The lowest BCUT2D eigenvalue weighted by Crippen LogP contribution is -2.00. The topological polar surface area (TPSA) is 46.2 Å². The smallest absolute Gasteiger partial charge is 0.189 e. The maximum Gasteiger partial charge on any atom is 0.189 e. The van der Waals surface area contributed by atoms with Crippen molar-refractivity contribution in [3.63, 3.8) is 0 Å². The van der Waals surface area contributed by atoms with E-state index in [1.54, 1.807) is 6.07 Å². The standard InChI is InChI=1S/C15H13F2NO.C2H6/c1-4-9-12-10(7(2)3)5-8(18)6-11(12)14(17)15(19)13(9)16;1-2/h1,5-7,19H,18H2,2-3H3;1-2H3. The Hall–Kier alpha value is -2.28. The lowest BCUT2D eigenvalue weighted by atomic mass is 9.91. The molecule has 0 heterocycles. The summed E-state index contributed by atoms with van der Waals surface area (Å²) in [6.07, 6.45) is 5.29. The molecule has 0 unspecified atom stereocenters. The van der Waals surface area contributed by atoms with Crippen LogP contribution in [-0.4, -0.2) is 5.11 Å². The fourth-order valence-electron chi connectivity index (χ4n) is 2.18. The molecule has 0 saturated carbocycles. The van der Waals surface area contributed by atoms with Gasteiger partial charge in [0.25, 0.3) is 0 Å². The molecule has 0 aliphatic rings. The van der Waals surface area contributed by atoms with Crippen molar-refractivity contribution in [3.05, 3.63) is 34.9 Å². The van der Waals surface area contributed by atoms with E-state index in [0.29, 0.717) is 16.6 Å². The third-order valence-corrected chi connectivity index (χ3v) is 3.08. The van der Waals surface area contributed by atoms with Gasteiger partial charge in [-0.05, 0) is 23.6 Å². The summed E-state index contributed by atoms with van der Waals surface area (Å²) in [4.78, 5) is 0. The highest BCUT2D eigenvalue weighted by Gasteiger charge is 2.21. The van der Waals surface area contributed by atoms with Crippen LogP contribution in [-0.2, 0) is 0 Å². The molecule has 21 heavy (non-hydrogen) atoms. The first-order chi connectivity index (χ1) is 9.88. The predicted molar refractivity (Wildman–Crippen MR) is 83.3 cm³/mol. The Balaban J connectivity index is 0.00000106. The molecule has 0 aromatic heterocycles. The Labute approximate surface area is 123 Å². The highest BCUT2D eigenvalue weighted by Crippen LogP contribution is 2.38. The van der Waals surface area contributed by atoms with Crippen molar-refractivity contribution in [2.75, 3.05) is 5.73 Å². The highest BCUT2D eigenvalue weighted by atomic mass is 19.1. The van der Waals surface area contributed by atoms with Crippen LogP contribution in [0.5, 0.6) is 5.75 Å². The van der Waals surface area contributed by atoms with Gasteiger partial charge in [0.1, 0.15) is 0 Å². The molecule has 2 aromatic rings. The molecule has 0 spiro atoms. The van der Waals surface area contributed by atoms with E-state index < -0.39 is 17.4 Å². The van der Waals surface area contributed by atoms with Crippen LogP contribution in [0.15, 0.2) is 12.1 Å². The predicted octanol–water partition coefficient (Wildman–Crippen LogP) is 4.54. The number of aromatic hydroxyl groups is 1. The molecule has 0 aliphatic heterocycles. The summed E-state index contributed by atoms with van der Waals surface area (Å²) in [6, 6.07) is 2.99. The molecule has 0 amide bonds. The summed E-state index contributed by atoms with van der Waals surface area (Å²) < 4.78 is 27.9. The molecule has 0 radical (unpaired) electrons. The molecule has 0 fully saturated rings. The van der Waals surface area contributed by atoms with E-state index >= 15 is 0 Å². The number of hydrogen-bond donors (Lipinski definition) is 2. The van der Waals surface area contributed by atoms with E-state index in [2.05, 4.69) is 5.92 Å². The zero-order valence-electron chi connectivity index (χ0n) is 12.6. The fraction of sp³-hybridized carbons (Fsp3) is 0.294. The number of nitrogen functional groups attached to an aromatic ring is 1. The zero-order chi connectivity index (χ0) is 16.3. The Bertz CT molecular complexity index is 715. The van der Waals surface area contributed by atoms with Crippen molar-refractivity contribution >= 4 is 16.5 Å². The minimum atomic E-state index is -1.11. The molecule has 4 heteroatoms. The number of nitrogens with two attached hydrogens (primary N) is 1. The van der Waals surface area contributed by atoms with Crippen LogP contribution >= 0.6 is 0 Å². The second kappa shape index (κ2) is 6.45. The minimum Gasteiger partial charge on any atom is -0.503 e. The number of fused-ring (bicyclic) bond motifs is 1. The van der Waals surface area contributed by atoms with Crippen molar-refractivity contribution in [1.82, 2.24) is 0 Å². The second-order valence-corrected chi connectivity index (χ2v) is 4.68. The normalized spacial score (nSPS) is 10.2. The Morgan fingerprint density at radius 3 is 2.24 bits per heavy atom. The average molecular weight is 291 g/mol. The molecule has 0 saturated heterocycles. The SMILES string of the molecule is C#Cc1c(F)c(O)c(F)c2cc(N)cc(C(C)C)c12.CC. The van der Waals surface area contributed by atoms with Crippen LogP contribution in [0.25, 0.3) is 10.8 Å². The fourth-order valence-corrected chi connectivity index (χ4v) is 2.18. The van der Waals surface area contributed by atoms with E-state index in [0.717, 1.165) is 0 Å². The van der Waals surface area contributed by atoms with Gasteiger partial charge in [0, 0.05) is 16.5 Å². The van der Waals surface area contributed by atoms with Gasteiger partial charge in [-0.25, -0.2) is 8.78 Å². The lowest BCUT2D eigenvalue weighted by Gasteiger charge is -2.15. The van der Waals surface area contributed by atoms with Gasteiger partial charge in [-0.3, -0.25) is 0 Å². The van der Waals surface area contributed by atoms with Gasteiger partial charge in [-0.1, -0.05) is 33.6 Å². The molecule has 3 N–H and O–H groups in total. The maximum absolute atomic E-state index is 14.0. The number of hydrogen-bond acceptors (Lipinski definition) is 2. The maximum atomic E-state index is 14.0. The van der Waals surface area contributed by atoms with E-state index in [4.69, 9.17) is 12.2 Å². The second-order valence-electron chi connectivity index (χ2n) is 4.68. The molecule has 2 aromatic carbocycles. The van der Waals surface area contributed by atoms with Crippen LogP contribution in [0.1, 0.15) is 44.7 Å². The summed E-state index contributed by atoms with van der Waals surface area (Å²) in [5.41, 5.74) is 6.57. The summed E-state index contributed by atoms with van der Waals surface area (Å²) in [6.45, 7) is 7.74. The van der Waals surface area contributed by atoms with Gasteiger partial charge in [0.15, 0.2) is 17.4 Å². The summed E-state index contributed by atoms with van der Waals surface area (Å²) in [5, 5.41) is 9.78. The van der Waals surface area contributed by atoms with Crippen molar-refractivity contribution in [3.8, 4) is 18.1 Å². The first-order valence-electron chi connectivity index (χ1n) is 6.78. The van der Waals surface area contributed by atoms with Gasteiger partial charge in [0.2, 0.25) is 0 Å². The van der Waals surface area contributed by atoms with Crippen LogP contribution in [0.4, 0.5) is 14.5 Å². The molecular formula is C17H19F2NO. The van der Waals surface area contributed by atoms with E-state index in [-0.39, 0.29) is 16.9 Å². The highest BCUT2D eigenvalue weighted by molar-refractivity contribution is 5.95. The van der Waals surface area contributed by atoms with Crippen molar-refractivity contribution < 1.29 is 13.9 Å². The monoisotopic (exact) mass is 291 g/mol. The van der Waals surface area contributed by atoms with E-state index in [1.807, 2.05) is 27.7 Å². The zero-order valence-corrected chi connectivity index (χ0v) is 12.6. The molecule has 112 valence electrons. The first kappa shape index (κ1) is 16.8. The van der Waals surface area contributed by atoms with Crippen LogP contribution in [0, 0.1) is 24.0 Å². The number of phenolic OH excluding ortho intramolecular Hbond substituents is 1. The Morgan fingerprint density at radius 1 is 1.19 bits per heavy atom. The van der Waals surface area contributed by atoms with Gasteiger partial charge in [-0.15, -0.1) is 6.42 Å². The number of anilines is 1. The van der Waals surface area contributed by atoms with Crippen molar-refractivity contribution in [2.45, 2.75) is 33.6 Å². The Kier molecular flexibility index (Phi) is 5.15. The number of rotatable bonds is 1. The lowest BCUT2D eigenvalue weighted by molar-refractivity contribution is 0.399. The number of benzene rings is 2. The van der Waals surface area contributed by atoms with Gasteiger partial charge < -0.3 is 10.8 Å². The number of phenols is 1. The van der Waals surface area contributed by atoms with E-state index in [9.17, 15) is 13.9 Å². The first-order valence-corrected chi connectivity index (χ1v) is 6.78. The van der Waals surface area contributed by atoms with Crippen molar-refractivity contribution in [2.24, 2.45) is 0 Å². The summed E-state index contributed by atoms with van der Waals surface area (Å²) in [7, 11) is 0. The number of halogens is 2. The third-order valence-electron chi connectivity index (χ3n) is 3.08. The quantitative estimate of drug-likeness (QED) is 0.598. The van der Waals surface area contributed by atoms with Crippen molar-refractivity contribution in [1.29, 1.82) is 0 Å². The third kappa shape index (κ3) is 2.78. The average Bonchev–Trinajstić information content (AvgIpc) is 2.47. The number of terminal acetylenes is 1. The Morgan fingerprint density at radius 2 is 1.76 bits per heavy atom. The van der Waals surface area contributed by atoms with Crippen LogP contribution < -0.4 is 5.73 Å². The van der Waals surface area contributed by atoms with Gasteiger partial charge >= 0.3 is 0 Å². The minimum absolute atomic E-state index is 0.0126.